The number of rotatable bonds is 5. The highest BCUT2D eigenvalue weighted by atomic mass is 32.2. The number of carbonyl (C=O) groups is 2. The minimum Gasteiger partial charge on any atom is -0.481 e. The number of aliphatic carboxylic acids is 1. The fourth-order valence-corrected chi connectivity index (χ4v) is 3.26. The van der Waals surface area contributed by atoms with Crippen molar-refractivity contribution in [3.05, 3.63) is 29.8 Å². The van der Waals surface area contributed by atoms with E-state index in [0.29, 0.717) is 18.5 Å². The van der Waals surface area contributed by atoms with Gasteiger partial charge in [0.1, 0.15) is 5.41 Å². The second-order valence-electron chi connectivity index (χ2n) is 5.20. The summed E-state index contributed by atoms with van der Waals surface area (Å²) >= 11 is 1.51. The Hall–Kier alpha value is -1.53. The third kappa shape index (κ3) is 3.06. The molecule has 0 aromatic heterocycles. The second-order valence-corrected chi connectivity index (χ2v) is 6.04. The molecule has 0 spiro atoms. The number of carbonyl (C=O) groups excluding carboxylic acids is 1. The van der Waals surface area contributed by atoms with Crippen LogP contribution in [0, 0.1) is 5.41 Å². The van der Waals surface area contributed by atoms with Crippen LogP contribution in [0.1, 0.15) is 16.8 Å². The van der Waals surface area contributed by atoms with E-state index in [4.69, 9.17) is 4.74 Å². The maximum Gasteiger partial charge on any atom is 0.313 e. The number of carboxylic acid groups (broad SMARTS) is 1. The molecule has 21 heavy (non-hydrogen) atoms. The molecule has 1 aliphatic rings. The van der Waals surface area contributed by atoms with Crippen molar-refractivity contribution >= 4 is 23.6 Å². The van der Waals surface area contributed by atoms with Crippen molar-refractivity contribution in [2.75, 3.05) is 33.1 Å². The molecule has 1 N–H and O–H groups in total. The Morgan fingerprint density at radius 2 is 2.14 bits per heavy atom. The number of hydrogen-bond donors (Lipinski definition) is 1. The molecule has 2 rings (SSSR count). The van der Waals surface area contributed by atoms with Gasteiger partial charge in [-0.25, -0.2) is 0 Å². The lowest BCUT2D eigenvalue weighted by atomic mass is 9.88. The van der Waals surface area contributed by atoms with Crippen molar-refractivity contribution in [1.29, 1.82) is 0 Å². The van der Waals surface area contributed by atoms with Gasteiger partial charge in [-0.15, -0.1) is 11.8 Å². The van der Waals surface area contributed by atoms with Crippen molar-refractivity contribution in [2.24, 2.45) is 5.41 Å². The van der Waals surface area contributed by atoms with Gasteiger partial charge < -0.3 is 14.7 Å². The first-order chi connectivity index (χ1) is 10.0. The van der Waals surface area contributed by atoms with E-state index >= 15 is 0 Å². The molecule has 1 fully saturated rings. The molecule has 1 aliphatic heterocycles. The van der Waals surface area contributed by atoms with E-state index < -0.39 is 11.4 Å². The van der Waals surface area contributed by atoms with Crippen LogP contribution in [0.2, 0.25) is 0 Å². The summed E-state index contributed by atoms with van der Waals surface area (Å²) in [5, 5.41) is 9.44. The fourth-order valence-electron chi connectivity index (χ4n) is 2.67. The van der Waals surface area contributed by atoms with Crippen LogP contribution in [0.15, 0.2) is 29.2 Å². The summed E-state index contributed by atoms with van der Waals surface area (Å²) in [4.78, 5) is 26.7. The summed E-state index contributed by atoms with van der Waals surface area (Å²) in [6, 6.07) is 7.39. The number of likely N-dealkylation sites (tertiary alicyclic amines) is 1. The Bertz CT molecular complexity index is 548. The average Bonchev–Trinajstić information content (AvgIpc) is 2.92. The third-order valence-electron chi connectivity index (χ3n) is 3.85. The van der Waals surface area contributed by atoms with Crippen molar-refractivity contribution < 1.29 is 19.4 Å². The maximum atomic E-state index is 12.6. The molecule has 6 heteroatoms. The standard InChI is InChI=1S/C15H19NO4S/c1-20-10-15(14(18)19)7-8-16(9-15)13(17)11-5-3-4-6-12(11)21-2/h3-6H,7-10H2,1-2H3,(H,18,19). The fraction of sp³-hybridized carbons (Fsp3) is 0.467. The molecular weight excluding hydrogens is 290 g/mol. The number of thioether (sulfide) groups is 1. The molecule has 1 saturated heterocycles. The molecule has 0 radical (unpaired) electrons. The predicted octanol–water partition coefficient (Wildman–Crippen LogP) is 1.97. The summed E-state index contributed by atoms with van der Waals surface area (Å²) in [6.45, 7) is 0.755. The van der Waals surface area contributed by atoms with Crippen LogP contribution in [0.3, 0.4) is 0 Å². The van der Waals surface area contributed by atoms with Gasteiger partial charge in [-0.3, -0.25) is 9.59 Å². The van der Waals surface area contributed by atoms with Crippen LogP contribution in [0.5, 0.6) is 0 Å². The summed E-state index contributed by atoms with van der Waals surface area (Å²) in [5.41, 5.74) is -0.359. The Morgan fingerprint density at radius 3 is 2.76 bits per heavy atom. The number of carboxylic acids is 1. The number of hydrogen-bond acceptors (Lipinski definition) is 4. The van der Waals surface area contributed by atoms with Crippen LogP contribution in [-0.2, 0) is 9.53 Å². The van der Waals surface area contributed by atoms with Crippen LogP contribution >= 0.6 is 11.8 Å². The molecule has 114 valence electrons. The molecule has 1 atom stereocenters. The van der Waals surface area contributed by atoms with Gasteiger partial charge in [0.05, 0.1) is 12.2 Å². The van der Waals surface area contributed by atoms with E-state index in [0.717, 1.165) is 4.90 Å². The van der Waals surface area contributed by atoms with Gasteiger partial charge in [-0.1, -0.05) is 12.1 Å². The summed E-state index contributed by atoms with van der Waals surface area (Å²) in [6.07, 6.45) is 2.34. The maximum absolute atomic E-state index is 12.6. The van der Waals surface area contributed by atoms with Crippen molar-refractivity contribution in [1.82, 2.24) is 4.90 Å². The van der Waals surface area contributed by atoms with Gasteiger partial charge >= 0.3 is 5.97 Å². The van der Waals surface area contributed by atoms with Gasteiger partial charge in [0.25, 0.3) is 5.91 Å². The molecule has 1 unspecified atom stereocenters. The molecule has 1 amide bonds. The first-order valence-corrected chi connectivity index (χ1v) is 7.91. The van der Waals surface area contributed by atoms with Crippen molar-refractivity contribution in [3.8, 4) is 0 Å². The van der Waals surface area contributed by atoms with Crippen LogP contribution in [0.4, 0.5) is 0 Å². The Labute approximate surface area is 128 Å². The molecule has 1 aromatic rings. The number of nitrogens with zero attached hydrogens (tertiary/aromatic N) is 1. The smallest absolute Gasteiger partial charge is 0.313 e. The van der Waals surface area contributed by atoms with E-state index in [-0.39, 0.29) is 19.1 Å². The number of ether oxygens (including phenoxy) is 1. The second kappa shape index (κ2) is 6.49. The normalized spacial score (nSPS) is 21.5. The highest BCUT2D eigenvalue weighted by Crippen LogP contribution is 2.33. The highest BCUT2D eigenvalue weighted by Gasteiger charge is 2.46. The Kier molecular flexibility index (Phi) is 4.90. The number of amides is 1. The Morgan fingerprint density at radius 1 is 1.43 bits per heavy atom. The minimum absolute atomic E-state index is 0.112. The topological polar surface area (TPSA) is 66.8 Å². The van der Waals surface area contributed by atoms with Gasteiger partial charge in [0.15, 0.2) is 0 Å². The van der Waals surface area contributed by atoms with Crippen molar-refractivity contribution in [2.45, 2.75) is 11.3 Å². The van der Waals surface area contributed by atoms with Crippen LogP contribution < -0.4 is 0 Å². The van der Waals surface area contributed by atoms with Crippen LogP contribution in [0.25, 0.3) is 0 Å². The molecule has 0 aliphatic carbocycles. The van der Waals surface area contributed by atoms with Gasteiger partial charge in [-0.2, -0.15) is 0 Å². The summed E-state index contributed by atoms with van der Waals surface area (Å²) in [5.74, 6) is -1.02. The SMILES string of the molecule is COCC1(C(=O)O)CCN(C(=O)c2ccccc2SC)C1. The largest absolute Gasteiger partial charge is 0.481 e. The van der Waals surface area contributed by atoms with E-state index in [1.54, 1.807) is 11.0 Å². The molecule has 0 saturated carbocycles. The predicted molar refractivity (Wildman–Crippen MR) is 80.7 cm³/mol. The molecule has 1 heterocycles. The van der Waals surface area contributed by atoms with E-state index in [2.05, 4.69) is 0 Å². The lowest BCUT2D eigenvalue weighted by Crippen LogP contribution is -2.40. The molecule has 5 nitrogen and oxygen atoms in total. The molecule has 0 bridgehead atoms. The van der Waals surface area contributed by atoms with E-state index in [1.807, 2.05) is 24.5 Å². The van der Waals surface area contributed by atoms with Gasteiger partial charge in [-0.05, 0) is 24.8 Å². The summed E-state index contributed by atoms with van der Waals surface area (Å²) in [7, 11) is 1.48. The molecular formula is C15H19NO4S. The van der Waals surface area contributed by atoms with Crippen molar-refractivity contribution in [3.63, 3.8) is 0 Å². The number of benzene rings is 1. The quantitative estimate of drug-likeness (QED) is 0.842. The van der Waals surface area contributed by atoms with Gasteiger partial charge in [0, 0.05) is 25.1 Å². The minimum atomic E-state index is -0.987. The zero-order valence-electron chi connectivity index (χ0n) is 12.2. The number of methoxy groups -OCH3 is 1. The zero-order chi connectivity index (χ0) is 15.5. The van der Waals surface area contributed by atoms with E-state index in [1.165, 1.54) is 18.9 Å². The molecule has 1 aromatic carbocycles. The lowest BCUT2D eigenvalue weighted by molar-refractivity contribution is -0.151. The third-order valence-corrected chi connectivity index (χ3v) is 4.65. The van der Waals surface area contributed by atoms with E-state index in [9.17, 15) is 14.7 Å². The zero-order valence-corrected chi connectivity index (χ0v) is 13.0. The first kappa shape index (κ1) is 15.9. The monoisotopic (exact) mass is 309 g/mol. The lowest BCUT2D eigenvalue weighted by Gasteiger charge is -2.24. The highest BCUT2D eigenvalue weighted by molar-refractivity contribution is 7.98. The van der Waals surface area contributed by atoms with Crippen LogP contribution in [-0.4, -0.2) is 54.9 Å². The Balaban J connectivity index is 2.20. The summed E-state index contributed by atoms with van der Waals surface area (Å²) < 4.78 is 5.05. The average molecular weight is 309 g/mol. The first-order valence-electron chi connectivity index (χ1n) is 6.69. The van der Waals surface area contributed by atoms with Gasteiger partial charge in [0.2, 0.25) is 0 Å².